The molecule has 2 heterocycles. The molecule has 2 aliphatic heterocycles. The van der Waals surface area contributed by atoms with E-state index in [0.717, 1.165) is 69.8 Å². The van der Waals surface area contributed by atoms with Crippen molar-refractivity contribution in [2.75, 3.05) is 72.4 Å². The quantitative estimate of drug-likeness (QED) is 0.132. The number of carbonyl (C=O) groups is 5. The zero-order chi connectivity index (χ0) is 47.8. The molecule has 4 aliphatic carbocycles. The Labute approximate surface area is 399 Å². The Hall–Kier alpha value is -4.83. The van der Waals surface area contributed by atoms with Gasteiger partial charge in [0.25, 0.3) is 5.91 Å². The average molecular weight is 940 g/mol. The van der Waals surface area contributed by atoms with E-state index in [1.165, 1.54) is 11.6 Å². The van der Waals surface area contributed by atoms with Gasteiger partial charge in [0.2, 0.25) is 11.8 Å². The number of aliphatic hydroxyl groups is 1. The number of Topliss-reactive ketones (excluding diaryl/α,β-unsaturated/α-hetero) is 1. The molecular formula is C53H70FN5O9. The lowest BCUT2D eigenvalue weighted by atomic mass is 9.46. The number of unbranched alkanes of at least 4 members (excludes halogenated alkanes) is 2. The minimum absolute atomic E-state index is 0.0375. The minimum Gasteiger partial charge on any atom is -0.377 e. The fourth-order valence-corrected chi connectivity index (χ4v) is 12.6. The Kier molecular flexibility index (Phi) is 16.3. The van der Waals surface area contributed by atoms with Crippen LogP contribution in [0.1, 0.15) is 124 Å². The van der Waals surface area contributed by atoms with Crippen molar-refractivity contribution in [2.24, 2.45) is 39.6 Å². The number of piperazine rings is 1. The van der Waals surface area contributed by atoms with Crippen molar-refractivity contribution in [3.8, 4) is 0 Å². The summed E-state index contributed by atoms with van der Waals surface area (Å²) in [5.74, 6) is 1.12. The third-order valence-corrected chi connectivity index (χ3v) is 16.4. The van der Waals surface area contributed by atoms with Gasteiger partial charge < -0.3 is 34.4 Å². The summed E-state index contributed by atoms with van der Waals surface area (Å²) in [4.78, 5) is 67.4. The Bertz CT molecular complexity index is 2240. The molecule has 8 rings (SSSR count). The summed E-state index contributed by atoms with van der Waals surface area (Å²) in [7, 11) is 0. The number of ketones is 2. The molecule has 68 heavy (non-hydrogen) atoms. The SMILES string of the molecule is C[C@]12CC[C@H]3[C@@H](CCC4=CC(=O)CC[C@@]43C)[C@@H]1CC[C@@H]2C(=O)COCCCCCC(=O)NCCOCCOCC(=O)N1CCN(C(=O)c2cc(CC3=NNC(O)c4ccccc43)ccc2F)CC1. The van der Waals surface area contributed by atoms with E-state index in [-0.39, 0.29) is 79.4 Å². The molecule has 2 aromatic carbocycles. The number of amides is 3. The maximum Gasteiger partial charge on any atom is 0.256 e. The zero-order valence-corrected chi connectivity index (χ0v) is 39.9. The number of hydrogen-bond donors (Lipinski definition) is 3. The van der Waals surface area contributed by atoms with Crippen molar-refractivity contribution in [2.45, 2.75) is 104 Å². The van der Waals surface area contributed by atoms with E-state index in [1.54, 1.807) is 21.9 Å². The number of hydrogen-bond acceptors (Lipinski definition) is 11. The van der Waals surface area contributed by atoms with Crippen molar-refractivity contribution < 1.29 is 47.7 Å². The topological polar surface area (TPSA) is 176 Å². The summed E-state index contributed by atoms with van der Waals surface area (Å²) in [5.41, 5.74) is 7.09. The third-order valence-electron chi connectivity index (χ3n) is 16.4. The number of halogens is 1. The van der Waals surface area contributed by atoms with Gasteiger partial charge in [0.05, 0.1) is 31.1 Å². The maximum atomic E-state index is 14.9. The molecule has 3 amide bonds. The molecular weight excluding hydrogens is 870 g/mol. The second kappa shape index (κ2) is 22.3. The number of ether oxygens (including phenoxy) is 3. The monoisotopic (exact) mass is 940 g/mol. The second-order valence-corrected chi connectivity index (χ2v) is 20.3. The Morgan fingerprint density at radius 3 is 2.47 bits per heavy atom. The van der Waals surface area contributed by atoms with Gasteiger partial charge in [0.15, 0.2) is 17.8 Å². The number of benzene rings is 2. The predicted molar refractivity (Wildman–Crippen MR) is 253 cm³/mol. The second-order valence-electron chi connectivity index (χ2n) is 20.3. The summed E-state index contributed by atoms with van der Waals surface area (Å²) in [6.45, 7) is 7.60. The first-order valence-electron chi connectivity index (χ1n) is 25.1. The van der Waals surface area contributed by atoms with Gasteiger partial charge in [-0.2, -0.15) is 5.10 Å². The molecule has 2 aromatic rings. The third kappa shape index (κ3) is 11.1. The van der Waals surface area contributed by atoms with Crippen LogP contribution in [0.5, 0.6) is 0 Å². The van der Waals surface area contributed by atoms with Crippen molar-refractivity contribution in [3.05, 3.63) is 82.2 Å². The van der Waals surface area contributed by atoms with Gasteiger partial charge in [-0.15, -0.1) is 0 Å². The molecule has 14 nitrogen and oxygen atoms in total. The lowest BCUT2D eigenvalue weighted by molar-refractivity contribution is -0.138. The molecule has 368 valence electrons. The molecule has 0 aromatic heterocycles. The molecule has 0 radical (unpaired) electrons. The van der Waals surface area contributed by atoms with Crippen LogP contribution in [-0.4, -0.2) is 122 Å². The van der Waals surface area contributed by atoms with Crippen LogP contribution in [0.2, 0.25) is 0 Å². The van der Waals surface area contributed by atoms with E-state index < -0.39 is 18.0 Å². The number of allylic oxidation sites excluding steroid dienone is 1. The Morgan fingerprint density at radius 2 is 1.63 bits per heavy atom. The van der Waals surface area contributed by atoms with Crippen molar-refractivity contribution in [3.63, 3.8) is 0 Å². The van der Waals surface area contributed by atoms with E-state index in [0.29, 0.717) is 92.5 Å². The highest BCUT2D eigenvalue weighted by Gasteiger charge is 2.60. The molecule has 6 aliphatic rings. The fourth-order valence-electron chi connectivity index (χ4n) is 12.6. The lowest BCUT2D eigenvalue weighted by Crippen LogP contribution is -2.51. The van der Waals surface area contributed by atoms with Crippen molar-refractivity contribution in [1.29, 1.82) is 0 Å². The fraction of sp³-hybridized carbons (Fsp3) is 0.623. The smallest absolute Gasteiger partial charge is 0.256 e. The molecule has 1 unspecified atom stereocenters. The summed E-state index contributed by atoms with van der Waals surface area (Å²) >= 11 is 0. The standard InChI is InChI=1S/C53H70FN5O9/c1-52-19-17-37(60)32-36(52)12-13-40-42-14-15-44(53(42,2)20-18-43(40)52)47(61)33-67-26-7-3-4-10-48(62)55-21-27-66-28-29-68-34-49(63)58-22-24-59(25-23-58)51(65)41-30-35(11-16-45(41)54)31-46-38-8-5-6-9-39(38)50(64)57-56-46/h5-6,8-9,11,16,30,32,40,42-44,50,57,64H,3-4,7,10,12-15,17-29,31,33-34H2,1-2H3,(H,55,62)/t40-,42-,43-,44+,50?,52-,53-/m0/s1. The van der Waals surface area contributed by atoms with Crippen molar-refractivity contribution in [1.82, 2.24) is 20.5 Å². The number of rotatable bonds is 20. The van der Waals surface area contributed by atoms with Gasteiger partial charge in [-0.1, -0.05) is 56.2 Å². The largest absolute Gasteiger partial charge is 0.377 e. The number of carbonyl (C=O) groups excluding carboxylic acids is 5. The highest BCUT2D eigenvalue weighted by molar-refractivity contribution is 6.04. The minimum atomic E-state index is -0.914. The first-order valence-corrected chi connectivity index (χ1v) is 25.1. The number of nitrogens with one attached hydrogen (secondary N) is 2. The maximum absolute atomic E-state index is 14.9. The molecule has 1 saturated heterocycles. The van der Waals surface area contributed by atoms with Crippen LogP contribution in [0.15, 0.2) is 59.2 Å². The first kappa shape index (κ1) is 49.6. The zero-order valence-electron chi connectivity index (χ0n) is 39.9. The van der Waals surface area contributed by atoms with E-state index in [1.807, 2.05) is 30.3 Å². The molecule has 15 heteroatoms. The van der Waals surface area contributed by atoms with Crippen LogP contribution in [0.4, 0.5) is 4.39 Å². The molecule has 3 saturated carbocycles. The van der Waals surface area contributed by atoms with Gasteiger partial charge in [0, 0.05) is 75.6 Å². The van der Waals surface area contributed by atoms with Crippen LogP contribution in [0.3, 0.4) is 0 Å². The van der Waals surface area contributed by atoms with E-state index in [4.69, 9.17) is 14.2 Å². The normalized spacial score (nSPS) is 27.5. The number of nitrogens with zero attached hydrogens (tertiary/aromatic N) is 3. The highest BCUT2D eigenvalue weighted by Crippen LogP contribution is 2.66. The molecule has 0 spiro atoms. The Morgan fingerprint density at radius 1 is 0.853 bits per heavy atom. The number of fused-ring (bicyclic) bond motifs is 6. The predicted octanol–water partition coefficient (Wildman–Crippen LogP) is 6.09. The summed E-state index contributed by atoms with van der Waals surface area (Å²) in [6.07, 6.45) is 12.3. The van der Waals surface area contributed by atoms with Crippen LogP contribution in [-0.2, 0) is 39.8 Å². The lowest BCUT2D eigenvalue weighted by Gasteiger charge is -2.58. The Balaban J connectivity index is 0.628. The van der Waals surface area contributed by atoms with Gasteiger partial charge >= 0.3 is 0 Å². The van der Waals surface area contributed by atoms with Crippen LogP contribution in [0.25, 0.3) is 0 Å². The van der Waals surface area contributed by atoms with Gasteiger partial charge in [-0.25, -0.2) is 4.39 Å². The van der Waals surface area contributed by atoms with Crippen molar-refractivity contribution >= 4 is 35.0 Å². The molecule has 0 bridgehead atoms. The molecule has 7 atom stereocenters. The van der Waals surface area contributed by atoms with E-state index in [2.05, 4.69) is 29.7 Å². The van der Waals surface area contributed by atoms with Gasteiger partial charge in [-0.3, -0.25) is 29.4 Å². The van der Waals surface area contributed by atoms with E-state index >= 15 is 0 Å². The first-order chi connectivity index (χ1) is 32.9. The summed E-state index contributed by atoms with van der Waals surface area (Å²) < 4.78 is 31.9. The molecule has 3 N–H and O–H groups in total. The van der Waals surface area contributed by atoms with Crippen LogP contribution >= 0.6 is 0 Å². The number of aliphatic hydroxyl groups excluding tert-OH is 1. The van der Waals surface area contributed by atoms with Crippen LogP contribution < -0.4 is 10.7 Å². The number of hydrazone groups is 1. The van der Waals surface area contributed by atoms with Gasteiger partial charge in [0.1, 0.15) is 19.0 Å². The average Bonchev–Trinajstić information content (AvgIpc) is 3.71. The van der Waals surface area contributed by atoms with Gasteiger partial charge in [-0.05, 0) is 110 Å². The summed E-state index contributed by atoms with van der Waals surface area (Å²) in [5, 5.41) is 17.4. The van der Waals surface area contributed by atoms with Crippen LogP contribution in [0, 0.1) is 40.3 Å². The molecule has 4 fully saturated rings. The highest BCUT2D eigenvalue weighted by atomic mass is 19.1. The van der Waals surface area contributed by atoms with E-state index in [9.17, 15) is 33.5 Å². The summed E-state index contributed by atoms with van der Waals surface area (Å²) in [6, 6.07) is 11.8.